The molecule has 1 aromatic carbocycles. The predicted molar refractivity (Wildman–Crippen MR) is 51.9 cm³/mol. The number of alkyl halides is 3. The van der Waals surface area contributed by atoms with E-state index in [0.29, 0.717) is 0 Å². The van der Waals surface area contributed by atoms with Gasteiger partial charge >= 0.3 is 5.51 Å². The van der Waals surface area contributed by atoms with E-state index in [4.69, 9.17) is 0 Å². The average Bonchev–Trinajstić information content (AvgIpc) is 2.10. The molecule has 15 heavy (non-hydrogen) atoms. The van der Waals surface area contributed by atoms with E-state index in [-0.39, 0.29) is 10.2 Å². The Morgan fingerprint density at radius 3 is 2.40 bits per heavy atom. The van der Waals surface area contributed by atoms with Crippen molar-refractivity contribution in [3.05, 3.63) is 28.5 Å². The molecule has 0 spiro atoms. The zero-order valence-electron chi connectivity index (χ0n) is 6.94. The smallest absolute Gasteiger partial charge is 0.298 e. The zero-order chi connectivity index (χ0) is 11.6. The van der Waals surface area contributed by atoms with Crippen LogP contribution in [0.4, 0.5) is 23.2 Å². The highest BCUT2D eigenvalue weighted by molar-refractivity contribution is 9.10. The highest BCUT2D eigenvalue weighted by Gasteiger charge is 2.37. The third-order valence-electron chi connectivity index (χ3n) is 1.34. The number of benzene rings is 1. The van der Waals surface area contributed by atoms with E-state index >= 15 is 0 Å². The molecule has 0 aromatic heterocycles. The normalized spacial score (nSPS) is 13.7. The molecule has 8 heteroatoms. The van der Waals surface area contributed by atoms with E-state index in [1.807, 2.05) is 0 Å². The lowest BCUT2D eigenvalue weighted by Gasteiger charge is -2.08. The summed E-state index contributed by atoms with van der Waals surface area (Å²) in [4.78, 5) is 0. The van der Waals surface area contributed by atoms with Gasteiger partial charge in [0.1, 0.15) is 5.82 Å². The second kappa shape index (κ2) is 4.48. The van der Waals surface area contributed by atoms with E-state index in [0.717, 1.165) is 6.07 Å². The van der Waals surface area contributed by atoms with Crippen molar-refractivity contribution in [2.24, 2.45) is 0 Å². The first kappa shape index (κ1) is 12.4. The molecule has 0 aliphatic rings. The van der Waals surface area contributed by atoms with E-state index in [2.05, 4.69) is 15.9 Å². The second-order valence-corrected chi connectivity index (χ2v) is 4.50. The Labute approximate surface area is 93.4 Å². The molecule has 0 radical (unpaired) electrons. The number of anilines is 1. The number of hydrogen-bond donors (Lipinski definition) is 1. The van der Waals surface area contributed by atoms with Crippen LogP contribution in [-0.4, -0.2) is 9.72 Å². The Kier molecular flexibility index (Phi) is 3.72. The highest BCUT2D eigenvalue weighted by atomic mass is 79.9. The number of rotatable bonds is 2. The fourth-order valence-electron chi connectivity index (χ4n) is 0.725. The third-order valence-corrected chi connectivity index (χ3v) is 2.83. The van der Waals surface area contributed by atoms with E-state index < -0.39 is 22.3 Å². The van der Waals surface area contributed by atoms with Crippen LogP contribution in [0.1, 0.15) is 0 Å². The summed E-state index contributed by atoms with van der Waals surface area (Å²) in [5.41, 5.74) is -5.07. The maximum Gasteiger partial charge on any atom is 0.490 e. The molecule has 0 aliphatic carbocycles. The zero-order valence-corrected chi connectivity index (χ0v) is 9.34. The van der Waals surface area contributed by atoms with Crippen LogP contribution in [0, 0.1) is 5.82 Å². The van der Waals surface area contributed by atoms with Crippen LogP contribution in [0.25, 0.3) is 0 Å². The van der Waals surface area contributed by atoms with E-state index in [1.54, 1.807) is 4.72 Å². The fraction of sp³-hybridized carbons (Fsp3) is 0.143. The van der Waals surface area contributed by atoms with Crippen molar-refractivity contribution in [3.8, 4) is 0 Å². The quantitative estimate of drug-likeness (QED) is 0.835. The van der Waals surface area contributed by atoms with Crippen LogP contribution in [-0.2, 0) is 11.0 Å². The third kappa shape index (κ3) is 3.45. The van der Waals surface area contributed by atoms with Gasteiger partial charge in [0.05, 0.1) is 4.47 Å². The lowest BCUT2D eigenvalue weighted by molar-refractivity contribution is -0.0379. The molecular weight excluding hydrogens is 302 g/mol. The fourth-order valence-corrected chi connectivity index (χ4v) is 1.43. The van der Waals surface area contributed by atoms with Crippen molar-refractivity contribution in [1.82, 2.24) is 0 Å². The predicted octanol–water partition coefficient (Wildman–Crippen LogP) is 3.18. The minimum absolute atomic E-state index is 0.117. The molecule has 84 valence electrons. The largest absolute Gasteiger partial charge is 0.490 e. The van der Waals surface area contributed by atoms with Gasteiger partial charge in [0.25, 0.3) is 0 Å². The topological polar surface area (TPSA) is 29.1 Å². The molecular formula is C7H4BrF4NOS. The monoisotopic (exact) mass is 305 g/mol. The lowest BCUT2D eigenvalue weighted by Crippen LogP contribution is -2.22. The van der Waals surface area contributed by atoms with Crippen molar-refractivity contribution < 1.29 is 21.8 Å². The van der Waals surface area contributed by atoms with Crippen molar-refractivity contribution in [2.75, 3.05) is 4.72 Å². The van der Waals surface area contributed by atoms with Gasteiger partial charge in [-0.05, 0) is 34.1 Å². The summed E-state index contributed by atoms with van der Waals surface area (Å²) in [6, 6.07) is 3.20. The molecule has 0 saturated carbocycles. The Morgan fingerprint density at radius 2 is 1.93 bits per heavy atom. The van der Waals surface area contributed by atoms with Crippen molar-refractivity contribution in [3.63, 3.8) is 0 Å². The van der Waals surface area contributed by atoms with Gasteiger partial charge in [0.15, 0.2) is 0 Å². The van der Waals surface area contributed by atoms with Gasteiger partial charge in [-0.15, -0.1) is 0 Å². The number of halogens is 5. The Morgan fingerprint density at radius 1 is 1.33 bits per heavy atom. The maximum atomic E-state index is 12.9. The molecule has 2 nitrogen and oxygen atoms in total. The molecule has 1 unspecified atom stereocenters. The van der Waals surface area contributed by atoms with Crippen LogP contribution >= 0.6 is 15.9 Å². The Balaban J connectivity index is 2.83. The lowest BCUT2D eigenvalue weighted by atomic mass is 10.3. The molecule has 0 amide bonds. The van der Waals surface area contributed by atoms with Crippen LogP contribution in [0.15, 0.2) is 22.7 Å². The minimum Gasteiger partial charge on any atom is -0.298 e. The van der Waals surface area contributed by atoms with Crippen molar-refractivity contribution >= 4 is 32.6 Å². The summed E-state index contributed by atoms with van der Waals surface area (Å²) in [7, 11) is -3.24. The standard InChI is InChI=1S/C7H4BrF4NOS/c8-5-2-1-4(3-6(5)9)13-15(14)7(10,11)12/h1-3,13H. The molecule has 1 N–H and O–H groups in total. The first-order chi connectivity index (χ1) is 6.80. The minimum atomic E-state index is -4.87. The first-order valence-electron chi connectivity index (χ1n) is 3.51. The van der Waals surface area contributed by atoms with Crippen LogP contribution in [0.2, 0.25) is 0 Å². The van der Waals surface area contributed by atoms with Gasteiger partial charge in [-0.2, -0.15) is 13.2 Å². The van der Waals surface area contributed by atoms with Gasteiger partial charge in [-0.25, -0.2) is 8.60 Å². The summed E-state index contributed by atoms with van der Waals surface area (Å²) < 4.78 is 60.7. The molecule has 0 fully saturated rings. The highest BCUT2D eigenvalue weighted by Crippen LogP contribution is 2.24. The van der Waals surface area contributed by atoms with Gasteiger partial charge < -0.3 is 0 Å². The molecule has 1 atom stereocenters. The van der Waals surface area contributed by atoms with Crippen LogP contribution in [0.5, 0.6) is 0 Å². The summed E-state index contributed by atoms with van der Waals surface area (Å²) >= 11 is 2.83. The van der Waals surface area contributed by atoms with Crippen LogP contribution < -0.4 is 4.72 Å². The molecule has 0 bridgehead atoms. The van der Waals surface area contributed by atoms with E-state index in [9.17, 15) is 21.8 Å². The number of hydrogen-bond acceptors (Lipinski definition) is 1. The molecule has 1 aromatic rings. The second-order valence-electron chi connectivity index (χ2n) is 2.45. The average molecular weight is 306 g/mol. The molecule has 1 rings (SSSR count). The first-order valence-corrected chi connectivity index (χ1v) is 5.45. The van der Waals surface area contributed by atoms with Gasteiger partial charge in [-0.1, -0.05) is 0 Å². The Bertz CT molecular complexity index is 395. The number of nitrogens with one attached hydrogen (secondary N) is 1. The van der Waals surface area contributed by atoms with Gasteiger partial charge in [0, 0.05) is 5.69 Å². The summed E-state index contributed by atoms with van der Waals surface area (Å²) in [6.07, 6.45) is 0. The maximum absolute atomic E-state index is 12.9. The van der Waals surface area contributed by atoms with Crippen molar-refractivity contribution in [1.29, 1.82) is 0 Å². The van der Waals surface area contributed by atoms with Gasteiger partial charge in [0.2, 0.25) is 11.0 Å². The van der Waals surface area contributed by atoms with Crippen molar-refractivity contribution in [2.45, 2.75) is 5.51 Å². The summed E-state index contributed by atoms with van der Waals surface area (Å²) in [5.74, 6) is -0.737. The van der Waals surface area contributed by atoms with Gasteiger partial charge in [-0.3, -0.25) is 4.72 Å². The molecule has 0 aliphatic heterocycles. The SMILES string of the molecule is O=S(Nc1ccc(Br)c(F)c1)C(F)(F)F. The Hall–Kier alpha value is -0.630. The molecule has 0 saturated heterocycles. The molecule has 0 heterocycles. The van der Waals surface area contributed by atoms with E-state index in [1.165, 1.54) is 12.1 Å². The van der Waals surface area contributed by atoms with Crippen LogP contribution in [0.3, 0.4) is 0 Å². The summed E-state index contributed by atoms with van der Waals surface area (Å²) in [6.45, 7) is 0. The summed E-state index contributed by atoms with van der Waals surface area (Å²) in [5, 5.41) is 0.